The molecule has 0 unspecified atom stereocenters. The summed E-state index contributed by atoms with van der Waals surface area (Å²) in [5.41, 5.74) is 16.3. The summed E-state index contributed by atoms with van der Waals surface area (Å²) in [5, 5.41) is 0. The Kier molecular flexibility index (Phi) is 8.42. The van der Waals surface area contributed by atoms with Crippen molar-refractivity contribution in [3.05, 3.63) is 30.3 Å². The van der Waals surface area contributed by atoms with E-state index in [0.717, 1.165) is 0 Å². The Hall–Kier alpha value is -1.46. The minimum Gasteiger partial charge on any atom is -0.370 e. The van der Waals surface area contributed by atoms with Crippen LogP contribution >= 0.6 is 24.8 Å². The third kappa shape index (κ3) is 6.59. The molecule has 0 fully saturated rings. The Labute approximate surface area is 100 Å². The predicted molar refractivity (Wildman–Crippen MR) is 68.0 cm³/mol. The highest BCUT2D eigenvalue weighted by Gasteiger charge is 1.89. The van der Waals surface area contributed by atoms with E-state index in [4.69, 9.17) is 17.2 Å². The van der Waals surface area contributed by atoms with Gasteiger partial charge in [0.2, 0.25) is 5.96 Å². The van der Waals surface area contributed by atoms with Gasteiger partial charge >= 0.3 is 0 Å². The molecule has 0 amide bonds. The highest BCUT2D eigenvalue weighted by Crippen LogP contribution is 2.08. The number of hydrogen-bond acceptors (Lipinski definition) is 1. The number of halogens is 2. The van der Waals surface area contributed by atoms with E-state index in [1.807, 2.05) is 18.2 Å². The standard InChI is InChI=1S/C8H11N5.2ClH/c9-7(10)13-8(11)12-6-4-2-1-3-5-6;;/h1-5H,(H6,9,10,11,12,13);2*1H. The number of hydrogen-bond donors (Lipinski definition) is 3. The van der Waals surface area contributed by atoms with E-state index in [1.54, 1.807) is 12.1 Å². The molecule has 0 aliphatic carbocycles. The molecule has 6 N–H and O–H groups in total. The van der Waals surface area contributed by atoms with Gasteiger partial charge in [-0.1, -0.05) is 18.2 Å². The lowest BCUT2D eigenvalue weighted by Gasteiger charge is -1.94. The Balaban J connectivity index is 0. The average Bonchev–Trinajstić information content (AvgIpc) is 2.04. The molecule has 0 radical (unpaired) electrons. The van der Waals surface area contributed by atoms with Crippen molar-refractivity contribution in [1.29, 1.82) is 0 Å². The van der Waals surface area contributed by atoms with Crippen LogP contribution in [0.15, 0.2) is 40.3 Å². The monoisotopic (exact) mass is 249 g/mol. The first-order valence-corrected chi connectivity index (χ1v) is 3.67. The number of nitrogens with zero attached hydrogens (tertiary/aromatic N) is 2. The molecular formula is C8H13Cl2N5. The number of nitrogens with two attached hydrogens (primary N) is 3. The number of rotatable bonds is 1. The normalized spacial score (nSPS) is 9.47. The molecule has 84 valence electrons. The van der Waals surface area contributed by atoms with Crippen LogP contribution in [0.2, 0.25) is 0 Å². The van der Waals surface area contributed by atoms with Gasteiger partial charge < -0.3 is 17.2 Å². The minimum atomic E-state index is -0.0998. The van der Waals surface area contributed by atoms with Crippen LogP contribution in [0, 0.1) is 0 Å². The van der Waals surface area contributed by atoms with Crippen molar-refractivity contribution in [2.75, 3.05) is 0 Å². The highest BCUT2D eigenvalue weighted by atomic mass is 35.5. The topological polar surface area (TPSA) is 103 Å². The molecule has 15 heavy (non-hydrogen) atoms. The Bertz CT molecular complexity index is 332. The quantitative estimate of drug-likeness (QED) is 0.506. The molecule has 0 atom stereocenters. The fourth-order valence-electron chi connectivity index (χ4n) is 0.792. The summed E-state index contributed by atoms with van der Waals surface area (Å²) < 4.78 is 0. The highest BCUT2D eigenvalue weighted by molar-refractivity contribution is 5.93. The van der Waals surface area contributed by atoms with Crippen molar-refractivity contribution < 1.29 is 0 Å². The van der Waals surface area contributed by atoms with E-state index in [1.165, 1.54) is 0 Å². The summed E-state index contributed by atoms with van der Waals surface area (Å²) in [7, 11) is 0. The first-order chi connectivity index (χ1) is 6.18. The fourth-order valence-corrected chi connectivity index (χ4v) is 0.792. The van der Waals surface area contributed by atoms with E-state index < -0.39 is 0 Å². The van der Waals surface area contributed by atoms with E-state index >= 15 is 0 Å². The second-order valence-corrected chi connectivity index (χ2v) is 2.34. The van der Waals surface area contributed by atoms with E-state index in [2.05, 4.69) is 9.98 Å². The van der Waals surface area contributed by atoms with Crippen LogP contribution in [0.3, 0.4) is 0 Å². The number of benzene rings is 1. The smallest absolute Gasteiger partial charge is 0.223 e. The molecule has 7 heteroatoms. The molecular weight excluding hydrogens is 237 g/mol. The van der Waals surface area contributed by atoms with E-state index in [-0.39, 0.29) is 36.7 Å². The summed E-state index contributed by atoms with van der Waals surface area (Å²) in [6, 6.07) is 9.18. The second-order valence-electron chi connectivity index (χ2n) is 2.34. The zero-order chi connectivity index (χ0) is 9.68. The maximum atomic E-state index is 5.41. The van der Waals surface area contributed by atoms with Gasteiger partial charge in [-0.2, -0.15) is 4.99 Å². The molecule has 1 aromatic carbocycles. The molecule has 0 aromatic heterocycles. The van der Waals surface area contributed by atoms with Crippen molar-refractivity contribution in [2.24, 2.45) is 27.2 Å². The van der Waals surface area contributed by atoms with E-state index in [0.29, 0.717) is 5.69 Å². The van der Waals surface area contributed by atoms with Gasteiger partial charge in [-0.15, -0.1) is 24.8 Å². The van der Waals surface area contributed by atoms with Crippen molar-refractivity contribution >= 4 is 42.4 Å². The van der Waals surface area contributed by atoms with Crippen LogP contribution in [0.25, 0.3) is 0 Å². The van der Waals surface area contributed by atoms with Crippen molar-refractivity contribution in [2.45, 2.75) is 0 Å². The zero-order valence-corrected chi connectivity index (χ0v) is 9.46. The SMILES string of the molecule is Cl.Cl.NC(N)=NC(N)=Nc1ccccc1. The van der Waals surface area contributed by atoms with Crippen molar-refractivity contribution in [3.8, 4) is 0 Å². The predicted octanol–water partition coefficient (Wildman–Crippen LogP) is 0.750. The lowest BCUT2D eigenvalue weighted by molar-refractivity contribution is 1.38. The van der Waals surface area contributed by atoms with Gasteiger partial charge in [0, 0.05) is 0 Å². The molecule has 0 heterocycles. The Morgan fingerprint density at radius 3 is 1.93 bits per heavy atom. The molecule has 5 nitrogen and oxygen atoms in total. The van der Waals surface area contributed by atoms with E-state index in [9.17, 15) is 0 Å². The van der Waals surface area contributed by atoms with Gasteiger partial charge in [-0.3, -0.25) is 0 Å². The number of para-hydroxylation sites is 1. The lowest BCUT2D eigenvalue weighted by atomic mass is 10.3. The fraction of sp³-hybridized carbons (Fsp3) is 0. The van der Waals surface area contributed by atoms with Crippen LogP contribution in [0.1, 0.15) is 0 Å². The molecule has 0 aliphatic heterocycles. The maximum absolute atomic E-state index is 5.41. The second kappa shape index (κ2) is 7.90. The van der Waals surface area contributed by atoms with Gasteiger partial charge in [0.1, 0.15) is 0 Å². The van der Waals surface area contributed by atoms with Crippen LogP contribution < -0.4 is 17.2 Å². The van der Waals surface area contributed by atoms with Gasteiger partial charge in [0.05, 0.1) is 5.69 Å². The van der Waals surface area contributed by atoms with Gasteiger partial charge in [0.25, 0.3) is 0 Å². The summed E-state index contributed by atoms with van der Waals surface area (Å²) in [6.07, 6.45) is 0. The van der Waals surface area contributed by atoms with Crippen LogP contribution in [0.4, 0.5) is 5.69 Å². The van der Waals surface area contributed by atoms with Gasteiger partial charge in [-0.05, 0) is 12.1 Å². The molecule has 1 rings (SSSR count). The maximum Gasteiger partial charge on any atom is 0.223 e. The lowest BCUT2D eigenvalue weighted by Crippen LogP contribution is -2.26. The zero-order valence-electron chi connectivity index (χ0n) is 7.83. The largest absolute Gasteiger partial charge is 0.370 e. The molecule has 0 saturated carbocycles. The summed E-state index contributed by atoms with van der Waals surface area (Å²) in [4.78, 5) is 7.52. The Morgan fingerprint density at radius 2 is 1.47 bits per heavy atom. The van der Waals surface area contributed by atoms with Crippen LogP contribution in [0.5, 0.6) is 0 Å². The summed E-state index contributed by atoms with van der Waals surface area (Å²) in [5.74, 6) is -0.0524. The minimum absolute atomic E-state index is 0. The molecule has 1 aromatic rings. The molecule has 0 aliphatic rings. The number of guanidine groups is 2. The summed E-state index contributed by atoms with van der Waals surface area (Å²) in [6.45, 7) is 0. The third-order valence-electron chi connectivity index (χ3n) is 1.24. The number of aliphatic imine (C=N–C) groups is 2. The van der Waals surface area contributed by atoms with Crippen molar-refractivity contribution in [3.63, 3.8) is 0 Å². The molecule has 0 spiro atoms. The average molecular weight is 250 g/mol. The Morgan fingerprint density at radius 1 is 0.933 bits per heavy atom. The molecule has 0 saturated heterocycles. The first-order valence-electron chi connectivity index (χ1n) is 3.67. The van der Waals surface area contributed by atoms with Gasteiger partial charge in [0.15, 0.2) is 5.96 Å². The van der Waals surface area contributed by atoms with Crippen molar-refractivity contribution in [1.82, 2.24) is 0 Å². The van der Waals surface area contributed by atoms with Crippen LogP contribution in [-0.4, -0.2) is 11.9 Å². The first kappa shape index (κ1) is 16.0. The third-order valence-corrected chi connectivity index (χ3v) is 1.24. The van der Waals surface area contributed by atoms with Gasteiger partial charge in [-0.25, -0.2) is 4.99 Å². The molecule has 0 bridgehead atoms. The van der Waals surface area contributed by atoms with Crippen LogP contribution in [-0.2, 0) is 0 Å². The summed E-state index contributed by atoms with van der Waals surface area (Å²) >= 11 is 0.